The fraction of sp³-hybridized carbons (Fsp3) is 0.381. The second-order valence-corrected chi connectivity index (χ2v) is 6.60. The van der Waals surface area contributed by atoms with Gasteiger partial charge in [0.15, 0.2) is 11.5 Å². The van der Waals surface area contributed by atoms with Crippen molar-refractivity contribution in [2.24, 2.45) is 5.92 Å². The molecule has 1 heterocycles. The van der Waals surface area contributed by atoms with Gasteiger partial charge in [0, 0.05) is 6.54 Å². The molecular formula is C21H25NO4. The highest BCUT2D eigenvalue weighted by Gasteiger charge is 2.31. The molecule has 0 aromatic heterocycles. The minimum atomic E-state index is -0.714. The fourth-order valence-electron chi connectivity index (χ4n) is 3.71. The Morgan fingerprint density at radius 1 is 1.08 bits per heavy atom. The third-order valence-corrected chi connectivity index (χ3v) is 5.01. The van der Waals surface area contributed by atoms with Crippen LogP contribution < -0.4 is 9.47 Å². The lowest BCUT2D eigenvalue weighted by atomic mass is 9.91. The van der Waals surface area contributed by atoms with Crippen LogP contribution in [0.4, 0.5) is 0 Å². The van der Waals surface area contributed by atoms with Crippen molar-refractivity contribution in [3.8, 4) is 11.5 Å². The number of carboxylic acid groups (broad SMARTS) is 1. The average Bonchev–Trinajstić information content (AvgIpc) is 2.69. The molecule has 5 heteroatoms. The molecule has 1 fully saturated rings. The number of nitrogens with zero attached hydrogens (tertiary/aromatic N) is 1. The second-order valence-electron chi connectivity index (χ2n) is 6.60. The van der Waals surface area contributed by atoms with Crippen molar-refractivity contribution >= 4 is 5.97 Å². The summed E-state index contributed by atoms with van der Waals surface area (Å²) in [5, 5.41) is 9.47. The summed E-state index contributed by atoms with van der Waals surface area (Å²) >= 11 is 0. The van der Waals surface area contributed by atoms with E-state index in [0.717, 1.165) is 30.5 Å². The van der Waals surface area contributed by atoms with Gasteiger partial charge in [-0.15, -0.1) is 0 Å². The number of likely N-dealkylation sites (tertiary alicyclic amines) is 1. The maximum atomic E-state index is 11.5. The zero-order valence-electron chi connectivity index (χ0n) is 15.2. The standard InChI is InChI=1S/C21H25NO4/c1-25-18-11-10-16(13-19(18)26-2)20(15-7-4-3-5-8-15)22-12-6-9-17(14-22)21(23)24/h3-5,7-8,10-11,13,17,20H,6,9,12,14H2,1-2H3,(H,23,24). The molecule has 0 radical (unpaired) electrons. The first-order valence-electron chi connectivity index (χ1n) is 8.87. The van der Waals surface area contributed by atoms with Crippen LogP contribution in [-0.4, -0.2) is 43.3 Å². The zero-order chi connectivity index (χ0) is 18.5. The summed E-state index contributed by atoms with van der Waals surface area (Å²) in [4.78, 5) is 13.8. The SMILES string of the molecule is COc1ccc(C(c2ccccc2)N2CCCC(C(=O)O)C2)cc1OC. The van der Waals surface area contributed by atoms with E-state index in [2.05, 4.69) is 17.0 Å². The lowest BCUT2D eigenvalue weighted by Crippen LogP contribution is -2.41. The molecule has 0 bridgehead atoms. The van der Waals surface area contributed by atoms with E-state index in [0.29, 0.717) is 18.0 Å². The maximum Gasteiger partial charge on any atom is 0.307 e. The van der Waals surface area contributed by atoms with Crippen LogP contribution in [0.3, 0.4) is 0 Å². The van der Waals surface area contributed by atoms with E-state index >= 15 is 0 Å². The molecule has 5 nitrogen and oxygen atoms in total. The predicted molar refractivity (Wildman–Crippen MR) is 99.8 cm³/mol. The first kappa shape index (κ1) is 18.3. The van der Waals surface area contributed by atoms with Gasteiger partial charge >= 0.3 is 5.97 Å². The highest BCUT2D eigenvalue weighted by molar-refractivity contribution is 5.70. The van der Waals surface area contributed by atoms with E-state index in [1.54, 1.807) is 14.2 Å². The molecule has 0 spiro atoms. The number of carbonyl (C=O) groups is 1. The summed E-state index contributed by atoms with van der Waals surface area (Å²) in [5.74, 6) is 0.326. The monoisotopic (exact) mass is 355 g/mol. The van der Waals surface area contributed by atoms with Crippen molar-refractivity contribution in [1.82, 2.24) is 4.90 Å². The van der Waals surface area contributed by atoms with E-state index in [1.165, 1.54) is 0 Å². The van der Waals surface area contributed by atoms with Gasteiger partial charge in [0.05, 0.1) is 26.2 Å². The number of carboxylic acids is 1. The lowest BCUT2D eigenvalue weighted by molar-refractivity contribution is -0.143. The van der Waals surface area contributed by atoms with Crippen molar-refractivity contribution < 1.29 is 19.4 Å². The largest absolute Gasteiger partial charge is 0.493 e. The molecule has 138 valence electrons. The summed E-state index contributed by atoms with van der Waals surface area (Å²) < 4.78 is 10.8. The van der Waals surface area contributed by atoms with E-state index in [-0.39, 0.29) is 12.0 Å². The maximum absolute atomic E-state index is 11.5. The first-order chi connectivity index (χ1) is 12.6. The van der Waals surface area contributed by atoms with Crippen molar-refractivity contribution in [3.63, 3.8) is 0 Å². The molecule has 2 atom stereocenters. The molecule has 0 aliphatic carbocycles. The Morgan fingerprint density at radius 2 is 1.81 bits per heavy atom. The average molecular weight is 355 g/mol. The molecule has 1 saturated heterocycles. The number of aliphatic carboxylic acids is 1. The molecular weight excluding hydrogens is 330 g/mol. The topological polar surface area (TPSA) is 59.0 Å². The minimum Gasteiger partial charge on any atom is -0.493 e. The molecule has 1 N–H and O–H groups in total. The van der Waals surface area contributed by atoms with Crippen molar-refractivity contribution in [1.29, 1.82) is 0 Å². The fourth-order valence-corrected chi connectivity index (χ4v) is 3.71. The first-order valence-corrected chi connectivity index (χ1v) is 8.87. The number of hydrogen-bond donors (Lipinski definition) is 1. The van der Waals surface area contributed by atoms with Gasteiger partial charge in [0.25, 0.3) is 0 Å². The Balaban J connectivity index is 2.00. The molecule has 0 amide bonds. The number of methoxy groups -OCH3 is 2. The molecule has 3 rings (SSSR count). The Bertz CT molecular complexity index is 747. The molecule has 2 aromatic rings. The summed E-state index contributed by atoms with van der Waals surface area (Å²) in [6.07, 6.45) is 1.62. The molecule has 1 aliphatic rings. The van der Waals surface area contributed by atoms with Gasteiger partial charge in [-0.3, -0.25) is 9.69 Å². The van der Waals surface area contributed by atoms with Gasteiger partial charge in [-0.25, -0.2) is 0 Å². The molecule has 2 aromatic carbocycles. The van der Waals surface area contributed by atoms with Crippen molar-refractivity contribution in [3.05, 3.63) is 59.7 Å². The Hall–Kier alpha value is -2.53. The summed E-state index contributed by atoms with van der Waals surface area (Å²) in [6, 6.07) is 16.1. The number of hydrogen-bond acceptors (Lipinski definition) is 4. The third-order valence-electron chi connectivity index (χ3n) is 5.01. The van der Waals surface area contributed by atoms with E-state index in [1.807, 2.05) is 36.4 Å². The molecule has 1 aliphatic heterocycles. The summed E-state index contributed by atoms with van der Waals surface area (Å²) in [7, 11) is 3.24. The molecule has 2 unspecified atom stereocenters. The van der Waals surface area contributed by atoms with Crippen LogP contribution in [0.1, 0.15) is 30.0 Å². The van der Waals surface area contributed by atoms with Gasteiger partial charge in [-0.05, 0) is 42.6 Å². The van der Waals surface area contributed by atoms with Gasteiger partial charge in [0.1, 0.15) is 0 Å². The predicted octanol–water partition coefficient (Wildman–Crippen LogP) is 3.59. The van der Waals surface area contributed by atoms with E-state index in [9.17, 15) is 9.90 Å². The number of rotatable bonds is 6. The van der Waals surface area contributed by atoms with Crippen LogP contribution in [0, 0.1) is 5.92 Å². The number of ether oxygens (including phenoxy) is 2. The van der Waals surface area contributed by atoms with Crippen LogP contribution in [-0.2, 0) is 4.79 Å². The third kappa shape index (κ3) is 3.83. The van der Waals surface area contributed by atoms with Crippen molar-refractivity contribution in [2.45, 2.75) is 18.9 Å². The van der Waals surface area contributed by atoms with Gasteiger partial charge < -0.3 is 14.6 Å². The van der Waals surface area contributed by atoms with Gasteiger partial charge in [-0.2, -0.15) is 0 Å². The minimum absolute atomic E-state index is 0.0156. The smallest absolute Gasteiger partial charge is 0.307 e. The van der Waals surface area contributed by atoms with Crippen LogP contribution in [0.25, 0.3) is 0 Å². The second kappa shape index (κ2) is 8.23. The molecule has 0 saturated carbocycles. The Labute approximate surface area is 154 Å². The van der Waals surface area contributed by atoms with Crippen LogP contribution in [0.15, 0.2) is 48.5 Å². The van der Waals surface area contributed by atoms with Crippen LogP contribution in [0.5, 0.6) is 11.5 Å². The summed E-state index contributed by atoms with van der Waals surface area (Å²) in [6.45, 7) is 1.42. The van der Waals surface area contributed by atoms with Gasteiger partial charge in [0.2, 0.25) is 0 Å². The zero-order valence-corrected chi connectivity index (χ0v) is 15.2. The highest BCUT2D eigenvalue weighted by atomic mass is 16.5. The van der Waals surface area contributed by atoms with E-state index in [4.69, 9.17) is 9.47 Å². The number of benzene rings is 2. The summed E-state index contributed by atoms with van der Waals surface area (Å²) in [5.41, 5.74) is 2.21. The Morgan fingerprint density at radius 3 is 2.46 bits per heavy atom. The van der Waals surface area contributed by atoms with Crippen LogP contribution >= 0.6 is 0 Å². The normalized spacial score (nSPS) is 18.9. The lowest BCUT2D eigenvalue weighted by Gasteiger charge is -2.37. The van der Waals surface area contributed by atoms with Crippen molar-refractivity contribution in [2.75, 3.05) is 27.3 Å². The highest BCUT2D eigenvalue weighted by Crippen LogP contribution is 2.37. The van der Waals surface area contributed by atoms with Gasteiger partial charge in [-0.1, -0.05) is 36.4 Å². The van der Waals surface area contributed by atoms with Crippen LogP contribution in [0.2, 0.25) is 0 Å². The van der Waals surface area contributed by atoms with E-state index < -0.39 is 5.97 Å². The number of piperidine rings is 1. The molecule has 26 heavy (non-hydrogen) atoms. The quantitative estimate of drug-likeness (QED) is 0.858. The Kier molecular flexibility index (Phi) is 5.78.